The minimum absolute atomic E-state index is 0.0316. The van der Waals surface area contributed by atoms with Gasteiger partial charge in [-0.05, 0) is 61.4 Å². The molecule has 0 aliphatic rings. The summed E-state index contributed by atoms with van der Waals surface area (Å²) in [6.45, 7) is 2.88. The molecule has 0 aliphatic carbocycles. The van der Waals surface area contributed by atoms with Crippen LogP contribution in [0.4, 0.5) is 11.4 Å². The first-order chi connectivity index (χ1) is 19.9. The Morgan fingerprint density at radius 3 is 2.22 bits per heavy atom. The molecule has 0 saturated carbocycles. The first kappa shape index (κ1) is 27.8. The number of anilines is 2. The van der Waals surface area contributed by atoms with E-state index in [1.807, 2.05) is 73.7 Å². The Morgan fingerprint density at radius 2 is 1.51 bits per heavy atom. The Bertz CT molecular complexity index is 1720. The van der Waals surface area contributed by atoms with Crippen LogP contribution in [0.2, 0.25) is 0 Å². The van der Waals surface area contributed by atoms with E-state index >= 15 is 0 Å². The molecule has 0 bridgehead atoms. The van der Waals surface area contributed by atoms with Crippen molar-refractivity contribution < 1.29 is 14.2 Å². The predicted molar refractivity (Wildman–Crippen MR) is 166 cm³/mol. The van der Waals surface area contributed by atoms with Crippen LogP contribution >= 0.6 is 0 Å². The molecule has 7 nitrogen and oxygen atoms in total. The molecular formula is C34H36N5O2+. The number of hydrogen-bond donors (Lipinski definition) is 4. The summed E-state index contributed by atoms with van der Waals surface area (Å²) in [5, 5.41) is 6.15. The van der Waals surface area contributed by atoms with E-state index < -0.39 is 6.04 Å². The zero-order chi connectivity index (χ0) is 28.9. The number of Topliss-reactive ketones (excluding diaryl/α,β-unsaturated/α-hetero) is 1. The standard InChI is InChI=1S/C34H35N5O2/c1-2-30(37)32(40)9-6-18-38-34(41)24-12-10-22(11-13-24)21-39-31-20-26(36)15-17-28(31)27-16-14-25(35)19-29(27)33(39)23-7-4-3-5-8-23/h3-5,7-8,10-17,19-20,30,36H,2,6,9,18,21,35,37H2,1H3,(H,38,41)/p+1. The summed E-state index contributed by atoms with van der Waals surface area (Å²) < 4.78 is 2.27. The minimum atomic E-state index is -0.424. The van der Waals surface area contributed by atoms with Gasteiger partial charge in [0.05, 0.1) is 16.8 Å². The van der Waals surface area contributed by atoms with Crippen molar-refractivity contribution in [2.24, 2.45) is 5.73 Å². The topological polar surface area (TPSA) is 128 Å². The highest BCUT2D eigenvalue weighted by molar-refractivity contribution is 6.10. The number of benzene rings is 4. The molecule has 7 N–H and O–H groups in total. The van der Waals surface area contributed by atoms with Crippen molar-refractivity contribution >= 4 is 44.7 Å². The van der Waals surface area contributed by atoms with E-state index in [1.54, 1.807) is 0 Å². The van der Waals surface area contributed by atoms with E-state index in [-0.39, 0.29) is 11.7 Å². The fourth-order valence-electron chi connectivity index (χ4n) is 5.25. The van der Waals surface area contributed by atoms with Gasteiger partial charge >= 0.3 is 0 Å². The Balaban J connectivity index is 1.46. The average Bonchev–Trinajstić information content (AvgIpc) is 2.99. The maximum atomic E-state index is 12.7. The number of pyridine rings is 1. The minimum Gasteiger partial charge on any atom is -0.399 e. The predicted octanol–water partition coefficient (Wildman–Crippen LogP) is 4.98. The Labute approximate surface area is 240 Å². The summed E-state index contributed by atoms with van der Waals surface area (Å²) >= 11 is 0. The van der Waals surface area contributed by atoms with Crippen molar-refractivity contribution in [3.63, 3.8) is 0 Å². The van der Waals surface area contributed by atoms with E-state index in [4.69, 9.17) is 17.2 Å². The van der Waals surface area contributed by atoms with E-state index in [2.05, 4.69) is 34.1 Å². The zero-order valence-electron chi connectivity index (χ0n) is 23.3. The number of nitrogens with zero attached hydrogens (tertiary/aromatic N) is 1. The molecule has 1 atom stereocenters. The van der Waals surface area contributed by atoms with Crippen LogP contribution in [0.5, 0.6) is 0 Å². The number of hydrogen-bond acceptors (Lipinski definition) is 5. The van der Waals surface area contributed by atoms with Crippen LogP contribution in [0.1, 0.15) is 42.1 Å². The Morgan fingerprint density at radius 1 is 0.829 bits per heavy atom. The zero-order valence-corrected chi connectivity index (χ0v) is 23.3. The van der Waals surface area contributed by atoms with Gasteiger partial charge in [-0.1, -0.05) is 43.3 Å². The quantitative estimate of drug-likeness (QED) is 0.0850. The molecule has 41 heavy (non-hydrogen) atoms. The number of nitrogens with one attached hydrogen (secondary N) is 1. The summed E-state index contributed by atoms with van der Waals surface area (Å²) in [6, 6.07) is 29.5. The highest BCUT2D eigenvalue weighted by Crippen LogP contribution is 2.33. The van der Waals surface area contributed by atoms with Crippen molar-refractivity contribution in [1.29, 1.82) is 0 Å². The lowest BCUT2D eigenvalue weighted by Crippen LogP contribution is -2.38. The molecule has 0 aliphatic heterocycles. The van der Waals surface area contributed by atoms with Gasteiger partial charge in [0, 0.05) is 52.5 Å². The highest BCUT2D eigenvalue weighted by Gasteiger charge is 2.24. The number of carbonyl (C=O) groups is 2. The number of carbonyl (C=O) groups excluding carboxylic acids is 2. The summed E-state index contributed by atoms with van der Waals surface area (Å²) in [7, 11) is 0. The molecule has 208 valence electrons. The van der Waals surface area contributed by atoms with Gasteiger partial charge in [-0.25, -0.2) is 0 Å². The molecule has 1 amide bonds. The van der Waals surface area contributed by atoms with Gasteiger partial charge in [-0.3, -0.25) is 9.59 Å². The second-order valence-electron chi connectivity index (χ2n) is 10.4. The molecule has 7 heteroatoms. The van der Waals surface area contributed by atoms with E-state index in [0.717, 1.165) is 38.5 Å². The van der Waals surface area contributed by atoms with Crippen LogP contribution in [-0.4, -0.2) is 24.3 Å². The third kappa shape index (κ3) is 6.05. The smallest absolute Gasteiger partial charge is 0.251 e. The van der Waals surface area contributed by atoms with Crippen molar-refractivity contribution in [2.75, 3.05) is 18.0 Å². The van der Waals surface area contributed by atoms with Gasteiger partial charge in [-0.2, -0.15) is 4.57 Å². The average molecular weight is 547 g/mol. The maximum Gasteiger partial charge on any atom is 0.251 e. The van der Waals surface area contributed by atoms with Crippen LogP contribution in [0.25, 0.3) is 32.9 Å². The monoisotopic (exact) mass is 546 g/mol. The van der Waals surface area contributed by atoms with Gasteiger partial charge in [0.1, 0.15) is 5.78 Å². The van der Waals surface area contributed by atoms with Crippen LogP contribution in [-0.2, 0) is 11.3 Å². The molecule has 0 spiro atoms. The van der Waals surface area contributed by atoms with Gasteiger partial charge in [0.2, 0.25) is 11.2 Å². The van der Waals surface area contributed by atoms with Crippen LogP contribution in [0.3, 0.4) is 0 Å². The number of ketones is 1. The van der Waals surface area contributed by atoms with E-state index in [1.165, 1.54) is 0 Å². The van der Waals surface area contributed by atoms with Crippen LogP contribution in [0.15, 0.2) is 91.0 Å². The largest absolute Gasteiger partial charge is 0.399 e. The first-order valence-corrected chi connectivity index (χ1v) is 14.0. The summed E-state index contributed by atoms with van der Waals surface area (Å²) in [4.78, 5) is 24.7. The first-order valence-electron chi connectivity index (χ1n) is 14.0. The second kappa shape index (κ2) is 12.2. The van der Waals surface area contributed by atoms with Gasteiger partial charge in [0.25, 0.3) is 5.91 Å². The van der Waals surface area contributed by atoms with Gasteiger partial charge in [0.15, 0.2) is 6.54 Å². The second-order valence-corrected chi connectivity index (χ2v) is 10.4. The lowest BCUT2D eigenvalue weighted by Gasteiger charge is -2.14. The summed E-state index contributed by atoms with van der Waals surface area (Å²) in [6.07, 6.45) is 1.56. The molecule has 0 radical (unpaired) electrons. The third-order valence-corrected chi connectivity index (χ3v) is 7.51. The molecule has 1 unspecified atom stereocenters. The molecule has 1 heterocycles. The Kier molecular flexibility index (Phi) is 8.26. The SMILES string of the molecule is CCC(N)C(=O)CCCNC(=O)c1ccc(C[n+]2c(-c3ccccc3)c3cc(N)ccc3c3ccc(N)cc32)cc1. The van der Waals surface area contributed by atoms with Crippen molar-refractivity contribution in [3.8, 4) is 11.3 Å². The molecular weight excluding hydrogens is 510 g/mol. The molecule has 5 aromatic rings. The fraction of sp³-hybridized carbons (Fsp3) is 0.206. The normalized spacial score (nSPS) is 12.0. The lowest BCUT2D eigenvalue weighted by atomic mass is 9.97. The third-order valence-electron chi connectivity index (χ3n) is 7.51. The Hall–Kier alpha value is -4.75. The highest BCUT2D eigenvalue weighted by atomic mass is 16.1. The number of fused-ring (bicyclic) bond motifs is 3. The number of rotatable bonds is 10. The van der Waals surface area contributed by atoms with E-state index in [0.29, 0.717) is 49.3 Å². The summed E-state index contributed by atoms with van der Waals surface area (Å²) in [5.41, 5.74) is 24.5. The molecule has 5 rings (SSSR count). The van der Waals surface area contributed by atoms with Crippen LogP contribution < -0.4 is 27.1 Å². The maximum absolute atomic E-state index is 12.7. The number of nitrogen functional groups attached to an aromatic ring is 2. The van der Waals surface area contributed by atoms with E-state index in [9.17, 15) is 9.59 Å². The van der Waals surface area contributed by atoms with Crippen molar-refractivity contribution in [3.05, 3.63) is 102 Å². The molecule has 4 aromatic carbocycles. The number of nitrogens with two attached hydrogens (primary N) is 3. The number of amides is 1. The molecule has 1 aromatic heterocycles. The van der Waals surface area contributed by atoms with Gasteiger partial charge in [-0.15, -0.1) is 0 Å². The molecule has 0 saturated heterocycles. The lowest BCUT2D eigenvalue weighted by molar-refractivity contribution is -0.650. The van der Waals surface area contributed by atoms with Crippen LogP contribution in [0, 0.1) is 0 Å². The fourth-order valence-corrected chi connectivity index (χ4v) is 5.25. The summed E-state index contributed by atoms with van der Waals surface area (Å²) in [5.74, 6) is -0.134. The van der Waals surface area contributed by atoms with Crippen molar-refractivity contribution in [1.82, 2.24) is 5.32 Å². The van der Waals surface area contributed by atoms with Gasteiger partial charge < -0.3 is 22.5 Å². The number of aromatic nitrogens is 1. The van der Waals surface area contributed by atoms with Crippen molar-refractivity contribution in [2.45, 2.75) is 38.8 Å². The molecule has 0 fully saturated rings.